The highest BCUT2D eigenvalue weighted by atomic mass is 16.5. The summed E-state index contributed by atoms with van der Waals surface area (Å²) in [6.07, 6.45) is 6.21. The van der Waals surface area contributed by atoms with E-state index >= 15 is 0 Å². The van der Waals surface area contributed by atoms with Crippen LogP contribution in [0.5, 0.6) is 5.75 Å². The molecular weight excluding hydrogens is 364 g/mol. The summed E-state index contributed by atoms with van der Waals surface area (Å²) in [7, 11) is 0. The zero-order valence-electron chi connectivity index (χ0n) is 18.5. The fourth-order valence-corrected chi connectivity index (χ4v) is 4.88. The first-order chi connectivity index (χ1) is 14.0. The standard InChI is InChI=1S/C23H36N4O2/c1-5-8-10-23(7-3)21-16-26(11-12-27(21)22(23)28)19-14-17(4)18(25-24)15-20(19)29-13-9-6-2/h14-15,21,24H,5-13,16H2,1-4H3. The first-order valence-electron chi connectivity index (χ1n) is 11.2. The molecule has 2 aliphatic heterocycles. The Balaban J connectivity index is 1.86. The Morgan fingerprint density at radius 2 is 1.97 bits per heavy atom. The molecule has 2 heterocycles. The van der Waals surface area contributed by atoms with Crippen molar-refractivity contribution in [3.63, 3.8) is 0 Å². The van der Waals surface area contributed by atoms with Gasteiger partial charge >= 0.3 is 0 Å². The number of anilines is 1. The third-order valence-electron chi connectivity index (χ3n) is 6.81. The average molecular weight is 401 g/mol. The molecule has 1 amide bonds. The molecule has 3 rings (SSSR count). The van der Waals surface area contributed by atoms with Gasteiger partial charge in [0.15, 0.2) is 0 Å². The number of carbonyl (C=O) groups excluding carboxylic acids is 1. The molecule has 6 nitrogen and oxygen atoms in total. The molecule has 0 aliphatic carbocycles. The van der Waals surface area contributed by atoms with Gasteiger partial charge in [0.2, 0.25) is 5.91 Å². The summed E-state index contributed by atoms with van der Waals surface area (Å²) in [5.41, 5.74) is 9.98. The number of ether oxygens (including phenoxy) is 1. The van der Waals surface area contributed by atoms with Gasteiger partial charge in [0, 0.05) is 25.7 Å². The van der Waals surface area contributed by atoms with Crippen LogP contribution in [0, 0.1) is 17.9 Å². The molecule has 2 atom stereocenters. The maximum Gasteiger partial charge on any atom is 0.231 e. The molecule has 2 fully saturated rings. The number of unbranched alkanes of at least 4 members (excludes halogenated alkanes) is 2. The van der Waals surface area contributed by atoms with Crippen LogP contribution in [-0.2, 0) is 4.79 Å². The maximum absolute atomic E-state index is 12.9. The third kappa shape index (κ3) is 3.86. The second-order valence-corrected chi connectivity index (χ2v) is 8.49. The Labute approximate surface area is 175 Å². The highest BCUT2D eigenvalue weighted by molar-refractivity contribution is 5.91. The molecule has 6 heteroatoms. The average Bonchev–Trinajstić information content (AvgIpc) is 2.74. The zero-order chi connectivity index (χ0) is 21.0. The van der Waals surface area contributed by atoms with Crippen molar-refractivity contribution in [2.75, 3.05) is 31.1 Å². The summed E-state index contributed by atoms with van der Waals surface area (Å²) in [6.45, 7) is 11.6. The van der Waals surface area contributed by atoms with E-state index < -0.39 is 0 Å². The van der Waals surface area contributed by atoms with Gasteiger partial charge in [0.1, 0.15) is 5.75 Å². The number of fused-ring (bicyclic) bond motifs is 1. The summed E-state index contributed by atoms with van der Waals surface area (Å²) in [6, 6.07) is 4.28. The molecule has 1 aromatic carbocycles. The Morgan fingerprint density at radius 3 is 2.62 bits per heavy atom. The van der Waals surface area contributed by atoms with E-state index in [1.165, 1.54) is 0 Å². The van der Waals surface area contributed by atoms with Crippen LogP contribution in [0.1, 0.15) is 64.9 Å². The molecule has 160 valence electrons. The maximum atomic E-state index is 12.9. The molecule has 0 spiro atoms. The fraction of sp³-hybridized carbons (Fsp3) is 0.696. The van der Waals surface area contributed by atoms with Gasteiger partial charge in [-0.25, -0.2) is 5.53 Å². The molecule has 29 heavy (non-hydrogen) atoms. The van der Waals surface area contributed by atoms with Crippen LogP contribution in [0.4, 0.5) is 11.4 Å². The first kappa shape index (κ1) is 21.6. The number of hydrogen-bond donors (Lipinski definition) is 1. The lowest BCUT2D eigenvalue weighted by atomic mass is 9.64. The predicted molar refractivity (Wildman–Crippen MR) is 116 cm³/mol. The molecule has 0 bridgehead atoms. The number of piperazine rings is 1. The van der Waals surface area contributed by atoms with Crippen molar-refractivity contribution in [2.24, 2.45) is 10.5 Å². The number of benzene rings is 1. The van der Waals surface area contributed by atoms with E-state index in [2.05, 4.69) is 41.8 Å². The Morgan fingerprint density at radius 1 is 1.21 bits per heavy atom. The van der Waals surface area contributed by atoms with Crippen LogP contribution in [0.3, 0.4) is 0 Å². The van der Waals surface area contributed by atoms with Gasteiger partial charge < -0.3 is 14.5 Å². The Hall–Kier alpha value is -2.11. The second-order valence-electron chi connectivity index (χ2n) is 8.49. The van der Waals surface area contributed by atoms with Crippen molar-refractivity contribution >= 4 is 17.3 Å². The van der Waals surface area contributed by atoms with Crippen molar-refractivity contribution < 1.29 is 9.53 Å². The van der Waals surface area contributed by atoms with Crippen LogP contribution in [0.25, 0.3) is 0 Å². The van der Waals surface area contributed by atoms with Crippen molar-refractivity contribution in [1.29, 1.82) is 5.53 Å². The topological polar surface area (TPSA) is 69.0 Å². The minimum absolute atomic E-state index is 0.191. The van der Waals surface area contributed by atoms with Gasteiger partial charge in [0.05, 0.1) is 29.4 Å². The zero-order valence-corrected chi connectivity index (χ0v) is 18.5. The van der Waals surface area contributed by atoms with Crippen LogP contribution in [-0.4, -0.2) is 43.1 Å². The molecule has 0 aromatic heterocycles. The minimum Gasteiger partial charge on any atom is -0.491 e. The van der Waals surface area contributed by atoms with Gasteiger partial charge in [-0.05, 0) is 37.8 Å². The number of rotatable bonds is 10. The molecule has 1 N–H and O–H groups in total. The largest absolute Gasteiger partial charge is 0.491 e. The molecule has 0 radical (unpaired) electrons. The van der Waals surface area contributed by atoms with E-state index in [-0.39, 0.29) is 11.5 Å². The second kappa shape index (κ2) is 9.14. The molecule has 2 unspecified atom stereocenters. The number of nitrogens with zero attached hydrogens (tertiary/aromatic N) is 3. The third-order valence-corrected chi connectivity index (χ3v) is 6.81. The van der Waals surface area contributed by atoms with E-state index in [9.17, 15) is 4.79 Å². The number of carbonyl (C=O) groups is 1. The van der Waals surface area contributed by atoms with Gasteiger partial charge in [-0.3, -0.25) is 4.79 Å². The van der Waals surface area contributed by atoms with E-state index in [1.54, 1.807) is 0 Å². The Kier molecular flexibility index (Phi) is 6.81. The van der Waals surface area contributed by atoms with E-state index in [4.69, 9.17) is 10.3 Å². The smallest absolute Gasteiger partial charge is 0.231 e. The number of nitrogens with one attached hydrogen (secondary N) is 1. The van der Waals surface area contributed by atoms with Gasteiger partial charge in [0.25, 0.3) is 0 Å². The summed E-state index contributed by atoms with van der Waals surface area (Å²) < 4.78 is 6.11. The van der Waals surface area contributed by atoms with Crippen LogP contribution < -0.4 is 9.64 Å². The van der Waals surface area contributed by atoms with Crippen molar-refractivity contribution in [2.45, 2.75) is 72.3 Å². The summed E-state index contributed by atoms with van der Waals surface area (Å²) in [5.74, 6) is 1.17. The molecule has 2 aliphatic rings. The summed E-state index contributed by atoms with van der Waals surface area (Å²) in [4.78, 5) is 17.4. The van der Waals surface area contributed by atoms with Gasteiger partial charge in [-0.15, -0.1) is 0 Å². The first-order valence-corrected chi connectivity index (χ1v) is 11.2. The quantitative estimate of drug-likeness (QED) is 0.322. The lowest BCUT2D eigenvalue weighted by Crippen LogP contribution is -2.75. The van der Waals surface area contributed by atoms with Crippen molar-refractivity contribution in [3.05, 3.63) is 17.7 Å². The lowest BCUT2D eigenvalue weighted by Gasteiger charge is -2.60. The van der Waals surface area contributed by atoms with E-state index in [0.717, 1.165) is 75.2 Å². The number of amides is 1. The van der Waals surface area contributed by atoms with Crippen molar-refractivity contribution in [3.8, 4) is 5.75 Å². The van der Waals surface area contributed by atoms with Crippen LogP contribution in [0.15, 0.2) is 17.2 Å². The molecule has 0 saturated carbocycles. The molecule has 2 saturated heterocycles. The normalized spacial score (nSPS) is 23.6. The fourth-order valence-electron chi connectivity index (χ4n) is 4.88. The highest BCUT2D eigenvalue weighted by Gasteiger charge is 2.60. The van der Waals surface area contributed by atoms with Crippen LogP contribution >= 0.6 is 0 Å². The molecular formula is C23H36N4O2. The predicted octanol–water partition coefficient (Wildman–Crippen LogP) is 5.45. The summed E-state index contributed by atoms with van der Waals surface area (Å²) in [5, 5.41) is 3.66. The SMILES string of the molecule is CCCCOc1cc(N=N)c(C)cc1N1CCN2C(=O)C(CC)(CCCC)C2C1. The van der Waals surface area contributed by atoms with Crippen LogP contribution in [0.2, 0.25) is 0 Å². The van der Waals surface area contributed by atoms with Crippen molar-refractivity contribution in [1.82, 2.24) is 4.90 Å². The summed E-state index contributed by atoms with van der Waals surface area (Å²) >= 11 is 0. The highest BCUT2D eigenvalue weighted by Crippen LogP contribution is 2.49. The van der Waals surface area contributed by atoms with Gasteiger partial charge in [-0.1, -0.05) is 40.0 Å². The lowest BCUT2D eigenvalue weighted by molar-refractivity contribution is -0.175. The number of aryl methyl sites for hydroxylation is 1. The Bertz CT molecular complexity index is 751. The minimum atomic E-state index is -0.191. The molecule has 1 aromatic rings. The number of β-lactam (4-membered cyclic amide) rings is 1. The van der Waals surface area contributed by atoms with E-state index in [1.807, 2.05) is 13.0 Å². The number of hydrogen-bond acceptors (Lipinski definition) is 5. The monoisotopic (exact) mass is 400 g/mol. The van der Waals surface area contributed by atoms with Gasteiger partial charge in [-0.2, -0.15) is 5.11 Å². The van der Waals surface area contributed by atoms with E-state index in [0.29, 0.717) is 18.2 Å².